The van der Waals surface area contributed by atoms with Crippen molar-refractivity contribution < 1.29 is 49.3 Å². The summed E-state index contributed by atoms with van der Waals surface area (Å²) in [7, 11) is 0. The number of unbranched alkanes of at least 4 members (excludes halogenated alkanes) is 33. The first kappa shape index (κ1) is 75.9. The summed E-state index contributed by atoms with van der Waals surface area (Å²) in [6.07, 6.45) is 65.0. The van der Waals surface area contributed by atoms with Crippen molar-refractivity contribution >= 4 is 11.9 Å². The Balaban J connectivity index is 2.59. The number of hydrogen-bond acceptors (Lipinski definition) is 10. The van der Waals surface area contributed by atoms with Gasteiger partial charge < -0.3 is 45.1 Å². The van der Waals surface area contributed by atoms with Crippen LogP contribution in [0.15, 0.2) is 85.1 Å². The molecule has 1 aliphatic heterocycles. The van der Waals surface area contributed by atoms with E-state index in [1.807, 2.05) is 42.5 Å². The molecule has 1 saturated heterocycles. The van der Waals surface area contributed by atoms with E-state index in [0.29, 0.717) is 12.8 Å². The molecule has 0 aromatic carbocycles. The van der Waals surface area contributed by atoms with E-state index in [2.05, 4.69) is 62.5 Å². The molecule has 0 spiro atoms. The van der Waals surface area contributed by atoms with Crippen molar-refractivity contribution in [3.05, 3.63) is 85.1 Å². The van der Waals surface area contributed by atoms with Crippen LogP contribution < -0.4 is 5.32 Å². The van der Waals surface area contributed by atoms with Crippen LogP contribution in [0.4, 0.5) is 0 Å². The fourth-order valence-corrected chi connectivity index (χ4v) is 10.1. The number of esters is 1. The second-order valence-electron chi connectivity index (χ2n) is 22.9. The normalized spacial score (nSPS) is 19.2. The smallest absolute Gasteiger partial charge is 0.306 e. The fourth-order valence-electron chi connectivity index (χ4n) is 10.1. The maximum Gasteiger partial charge on any atom is 0.306 e. The summed E-state index contributed by atoms with van der Waals surface area (Å²) in [5.41, 5.74) is 0. The third kappa shape index (κ3) is 45.0. The lowest BCUT2D eigenvalue weighted by Gasteiger charge is -2.41. The van der Waals surface area contributed by atoms with Gasteiger partial charge in [0.25, 0.3) is 0 Å². The Hall–Kier alpha value is -3.16. The highest BCUT2D eigenvalue weighted by Crippen LogP contribution is 2.26. The standard InChI is InChI=1S/C70H123NO10/c1-4-7-10-13-16-19-22-25-26-27-28-29-30-31-32-33-34-35-36-37-40-42-45-48-51-54-57-63(74)69(78)71-61(62(73)56-53-50-47-44-41-38-23-20-17-14-11-8-5-2)60-79-70-68(67(77)66(76)64(59-72)80-70)81-65(75)58-55-52-49-46-43-39-24-21-18-15-12-9-6-3/h9,12,15-16,18-19,21,24-26,39,43,53,56,61-64,66-68,70,72-74,76-77H,4-8,10-11,13-14,17,20,22-23,27-38,40-42,44-52,54-55,57-60H2,1-3H3,(H,71,78)/b12-9+,18-15+,19-16-,24-21-,26-25-,43-39-,56-53+. The van der Waals surface area contributed by atoms with Crippen molar-refractivity contribution in [1.82, 2.24) is 5.32 Å². The van der Waals surface area contributed by atoms with Gasteiger partial charge in [-0.3, -0.25) is 9.59 Å². The second kappa shape index (κ2) is 57.3. The third-order valence-corrected chi connectivity index (χ3v) is 15.4. The van der Waals surface area contributed by atoms with Gasteiger partial charge in [-0.15, -0.1) is 0 Å². The van der Waals surface area contributed by atoms with Gasteiger partial charge in [-0.1, -0.05) is 286 Å². The molecule has 11 nitrogen and oxygen atoms in total. The third-order valence-electron chi connectivity index (χ3n) is 15.4. The molecule has 8 unspecified atom stereocenters. The number of ether oxygens (including phenoxy) is 3. The number of carbonyl (C=O) groups is 2. The number of rotatable bonds is 56. The number of nitrogens with one attached hydrogen (secondary N) is 1. The summed E-state index contributed by atoms with van der Waals surface area (Å²) in [5, 5.41) is 57.1. The van der Waals surface area contributed by atoms with Gasteiger partial charge in [0, 0.05) is 6.42 Å². The quantitative estimate of drug-likeness (QED) is 0.0149. The second-order valence-corrected chi connectivity index (χ2v) is 22.9. The molecule has 11 heteroatoms. The molecule has 468 valence electrons. The zero-order valence-electron chi connectivity index (χ0n) is 51.9. The van der Waals surface area contributed by atoms with Crippen LogP contribution in [0.3, 0.4) is 0 Å². The van der Waals surface area contributed by atoms with E-state index >= 15 is 0 Å². The Bertz CT molecular complexity index is 1640. The molecule has 0 aliphatic carbocycles. The van der Waals surface area contributed by atoms with Crippen molar-refractivity contribution in [3.8, 4) is 0 Å². The molecule has 0 aromatic heterocycles. The number of carbonyl (C=O) groups excluding carboxylic acids is 2. The van der Waals surface area contributed by atoms with E-state index in [1.165, 1.54) is 167 Å². The molecule has 0 bridgehead atoms. The molecule has 0 radical (unpaired) electrons. The van der Waals surface area contributed by atoms with Crippen molar-refractivity contribution in [2.75, 3.05) is 13.2 Å². The summed E-state index contributed by atoms with van der Waals surface area (Å²) >= 11 is 0. The lowest BCUT2D eigenvalue weighted by molar-refractivity contribution is -0.305. The Morgan fingerprint density at radius 2 is 0.938 bits per heavy atom. The van der Waals surface area contributed by atoms with Gasteiger partial charge in [0.05, 0.1) is 25.4 Å². The zero-order chi connectivity index (χ0) is 58.9. The molecule has 6 N–H and O–H groups in total. The minimum atomic E-state index is -1.63. The van der Waals surface area contributed by atoms with Gasteiger partial charge in [0.2, 0.25) is 5.91 Å². The molecular formula is C70H123NO10. The monoisotopic (exact) mass is 1140 g/mol. The highest BCUT2D eigenvalue weighted by atomic mass is 16.7. The SMILES string of the molecule is CC/C=C/C=C/C=C\C=C/CCCCCC(=O)OC1C(OCC(NC(=O)C(O)CCCCCCCCCCCCCCCCCC/C=C\C/C=C\CCCCC)C(O)/C=C/CCCCCCCCCCCCC)OC(CO)C(O)C1O. The minimum Gasteiger partial charge on any atom is -0.454 e. The van der Waals surface area contributed by atoms with E-state index in [-0.39, 0.29) is 19.4 Å². The van der Waals surface area contributed by atoms with Gasteiger partial charge in [-0.05, 0) is 77.0 Å². The first-order valence-corrected chi connectivity index (χ1v) is 33.4. The van der Waals surface area contributed by atoms with E-state index in [9.17, 15) is 35.1 Å². The van der Waals surface area contributed by atoms with E-state index in [0.717, 1.165) is 70.6 Å². The van der Waals surface area contributed by atoms with Crippen LogP contribution >= 0.6 is 0 Å². The highest BCUT2D eigenvalue weighted by Gasteiger charge is 2.47. The molecule has 81 heavy (non-hydrogen) atoms. The van der Waals surface area contributed by atoms with Crippen molar-refractivity contribution in [2.45, 2.75) is 333 Å². The van der Waals surface area contributed by atoms with Crippen molar-refractivity contribution in [2.24, 2.45) is 0 Å². The number of aliphatic hydroxyl groups is 5. The van der Waals surface area contributed by atoms with Gasteiger partial charge in [-0.25, -0.2) is 0 Å². The molecule has 1 amide bonds. The molecule has 1 heterocycles. The molecule has 1 aliphatic rings. The fraction of sp³-hybridized carbons (Fsp3) is 0.771. The zero-order valence-corrected chi connectivity index (χ0v) is 51.9. The molecule has 1 fully saturated rings. The summed E-state index contributed by atoms with van der Waals surface area (Å²) < 4.78 is 17.6. The van der Waals surface area contributed by atoms with Crippen molar-refractivity contribution in [3.63, 3.8) is 0 Å². The average molecular weight is 1140 g/mol. The van der Waals surface area contributed by atoms with Crippen LogP contribution in [0.2, 0.25) is 0 Å². The van der Waals surface area contributed by atoms with E-state index < -0.39 is 67.4 Å². The number of hydrogen-bond donors (Lipinski definition) is 6. The summed E-state index contributed by atoms with van der Waals surface area (Å²) in [6, 6.07) is -1.04. The summed E-state index contributed by atoms with van der Waals surface area (Å²) in [6.45, 7) is 5.61. The van der Waals surface area contributed by atoms with Crippen LogP contribution in [0.5, 0.6) is 0 Å². The molecule has 8 atom stereocenters. The van der Waals surface area contributed by atoms with E-state index in [1.54, 1.807) is 6.08 Å². The van der Waals surface area contributed by atoms with Crippen LogP contribution in [-0.4, -0.2) is 99.6 Å². The molecular weight excluding hydrogens is 1010 g/mol. The van der Waals surface area contributed by atoms with Crippen LogP contribution in [0, 0.1) is 0 Å². The number of allylic oxidation sites excluding steroid dienone is 13. The predicted octanol–water partition coefficient (Wildman–Crippen LogP) is 16.5. The first-order chi connectivity index (χ1) is 39.7. The molecule has 0 aromatic rings. The predicted molar refractivity (Wildman–Crippen MR) is 338 cm³/mol. The Labute approximate surface area is 495 Å². The summed E-state index contributed by atoms with van der Waals surface area (Å²) in [5.74, 6) is -1.23. The molecule has 0 saturated carbocycles. The van der Waals surface area contributed by atoms with Crippen LogP contribution in [-0.2, 0) is 23.8 Å². The topological polar surface area (TPSA) is 175 Å². The summed E-state index contributed by atoms with van der Waals surface area (Å²) in [4.78, 5) is 26.6. The van der Waals surface area contributed by atoms with Gasteiger partial charge in [0.1, 0.15) is 24.4 Å². The first-order valence-electron chi connectivity index (χ1n) is 33.4. The van der Waals surface area contributed by atoms with Gasteiger partial charge in [0.15, 0.2) is 12.4 Å². The minimum absolute atomic E-state index is 0.0754. The Kier molecular flexibility index (Phi) is 53.6. The lowest BCUT2D eigenvalue weighted by Crippen LogP contribution is -2.61. The number of aliphatic hydroxyl groups excluding tert-OH is 5. The van der Waals surface area contributed by atoms with Gasteiger partial charge in [-0.2, -0.15) is 0 Å². The maximum absolute atomic E-state index is 13.5. The van der Waals surface area contributed by atoms with Gasteiger partial charge >= 0.3 is 5.97 Å². The average Bonchev–Trinajstić information content (AvgIpc) is 3.50. The largest absolute Gasteiger partial charge is 0.454 e. The van der Waals surface area contributed by atoms with Crippen LogP contribution in [0.25, 0.3) is 0 Å². The molecule has 1 rings (SSSR count). The maximum atomic E-state index is 13.5. The highest BCUT2D eigenvalue weighted by molar-refractivity contribution is 5.80. The van der Waals surface area contributed by atoms with E-state index in [4.69, 9.17) is 14.2 Å². The number of amides is 1. The van der Waals surface area contributed by atoms with Crippen LogP contribution in [0.1, 0.15) is 284 Å². The Morgan fingerprint density at radius 1 is 0.506 bits per heavy atom. The van der Waals surface area contributed by atoms with Crippen molar-refractivity contribution in [1.29, 1.82) is 0 Å². The Morgan fingerprint density at radius 3 is 1.46 bits per heavy atom. The lowest BCUT2D eigenvalue weighted by atomic mass is 9.99.